The van der Waals surface area contributed by atoms with Crippen LogP contribution in [0.5, 0.6) is 0 Å². The Bertz CT molecular complexity index is 878. The molecule has 1 aliphatic carbocycles. The molecular weight excluding hydrogens is 477 g/mol. The predicted octanol–water partition coefficient (Wildman–Crippen LogP) is 8.78. The first-order valence-electron chi connectivity index (χ1n) is 14.3. The maximum Gasteiger partial charge on any atom is 1.00 e. The van der Waals surface area contributed by atoms with Gasteiger partial charge < -0.3 is 10.3 Å². The van der Waals surface area contributed by atoms with Crippen molar-refractivity contribution in [1.29, 1.82) is 0 Å². The minimum Gasteiger partial charge on any atom is -0.469 e. The molecule has 0 radical (unpaired) electrons. The van der Waals surface area contributed by atoms with Gasteiger partial charge >= 0.3 is 51.4 Å². The first-order valence-corrected chi connectivity index (χ1v) is 14.3. The van der Waals surface area contributed by atoms with Crippen molar-refractivity contribution in [3.8, 4) is 0 Å². The molecule has 0 unspecified atom stereocenters. The molecule has 1 aliphatic rings. The number of aromatic nitrogens is 2. The molecule has 0 atom stereocenters. The number of allylic oxidation sites excluding steroid dienone is 5. The number of unbranched alkanes of at least 4 members (excludes halogenated alkanes) is 2. The molecule has 0 N–H and O–H groups in total. The van der Waals surface area contributed by atoms with Crippen LogP contribution in [-0.4, -0.2) is 17.0 Å². The summed E-state index contributed by atoms with van der Waals surface area (Å²) in [7, 11) is 1.74. The Morgan fingerprint density at radius 3 is 1.95 bits per heavy atom. The summed E-state index contributed by atoms with van der Waals surface area (Å²) in [6.07, 6.45) is 19.9. The van der Waals surface area contributed by atoms with Crippen molar-refractivity contribution in [2.75, 3.05) is 7.05 Å². The molecular formula is C33H56KN3. The monoisotopic (exact) mass is 533 g/mol. The van der Waals surface area contributed by atoms with Gasteiger partial charge in [0, 0.05) is 11.8 Å². The van der Waals surface area contributed by atoms with E-state index in [2.05, 4.69) is 88.5 Å². The summed E-state index contributed by atoms with van der Waals surface area (Å²) in [6, 6.07) is 4.04. The zero-order valence-electron chi connectivity index (χ0n) is 26.4. The second-order valence-electron chi connectivity index (χ2n) is 8.74. The molecule has 0 bridgehead atoms. The van der Waals surface area contributed by atoms with Crippen LogP contribution in [0.15, 0.2) is 54.4 Å². The van der Waals surface area contributed by atoms with Crippen LogP contribution in [0.2, 0.25) is 0 Å². The van der Waals surface area contributed by atoms with Gasteiger partial charge in [-0.3, -0.25) is 4.98 Å². The fourth-order valence-electron chi connectivity index (χ4n) is 2.76. The minimum atomic E-state index is 0. The van der Waals surface area contributed by atoms with E-state index in [4.69, 9.17) is 0 Å². The van der Waals surface area contributed by atoms with Gasteiger partial charge in [0.2, 0.25) is 0 Å². The van der Waals surface area contributed by atoms with E-state index in [0.29, 0.717) is 5.82 Å². The number of fused-ring (bicyclic) bond motifs is 1. The topological polar surface area (TPSA) is 39.9 Å². The van der Waals surface area contributed by atoms with E-state index in [9.17, 15) is 0 Å². The Morgan fingerprint density at radius 1 is 0.946 bits per heavy atom. The van der Waals surface area contributed by atoms with Gasteiger partial charge in [-0.2, -0.15) is 0 Å². The van der Waals surface area contributed by atoms with Crippen LogP contribution in [-0.2, 0) is 0 Å². The molecule has 0 spiro atoms. The second-order valence-corrected chi connectivity index (χ2v) is 8.74. The molecule has 0 saturated heterocycles. The molecule has 2 heterocycles. The molecule has 3 nitrogen and oxygen atoms in total. The van der Waals surface area contributed by atoms with E-state index >= 15 is 0 Å². The van der Waals surface area contributed by atoms with Crippen LogP contribution in [0.4, 0.5) is 5.82 Å². The van der Waals surface area contributed by atoms with Gasteiger partial charge in [0.15, 0.2) is 0 Å². The van der Waals surface area contributed by atoms with Crippen LogP contribution >= 0.6 is 0 Å². The first-order chi connectivity index (χ1) is 17.4. The largest absolute Gasteiger partial charge is 1.00 e. The van der Waals surface area contributed by atoms with Crippen LogP contribution in [0.25, 0.3) is 21.8 Å². The van der Waals surface area contributed by atoms with Crippen LogP contribution in [0.1, 0.15) is 126 Å². The summed E-state index contributed by atoms with van der Waals surface area (Å²) >= 11 is 0. The molecule has 4 heteroatoms. The van der Waals surface area contributed by atoms with E-state index in [1.165, 1.54) is 68.1 Å². The van der Waals surface area contributed by atoms with Crippen molar-refractivity contribution in [2.24, 2.45) is 0 Å². The van der Waals surface area contributed by atoms with E-state index in [-0.39, 0.29) is 51.4 Å². The molecule has 3 rings (SSSR count). The van der Waals surface area contributed by atoms with Crippen LogP contribution in [0.3, 0.4) is 0 Å². The van der Waals surface area contributed by atoms with Crippen LogP contribution in [0, 0.1) is 0 Å². The number of pyridine rings is 2. The van der Waals surface area contributed by atoms with Gasteiger partial charge in [-0.05, 0) is 55.4 Å². The van der Waals surface area contributed by atoms with Crippen molar-refractivity contribution < 1.29 is 51.4 Å². The Kier molecular flexibility index (Phi) is 31.1. The maximum absolute atomic E-state index is 4.58. The van der Waals surface area contributed by atoms with Gasteiger partial charge in [-0.1, -0.05) is 137 Å². The minimum absolute atomic E-state index is 0. The average Bonchev–Trinajstić information content (AvgIpc) is 3.79. The number of hydrogen-bond acceptors (Lipinski definition) is 2. The number of hydrogen-bond donors (Lipinski definition) is 0. The SMILES string of the molecule is C1CC1.C=C(/C=C(C)\C(=C/C)c1cnc2cc([N-]C)ncc2c1)CCCC.CC.CCC.CCCC.[K+]. The van der Waals surface area contributed by atoms with E-state index in [1.807, 2.05) is 32.3 Å². The number of nitrogens with zero attached hydrogens (tertiary/aromatic N) is 3. The van der Waals surface area contributed by atoms with Gasteiger partial charge in [0.25, 0.3) is 0 Å². The zero-order chi connectivity index (χ0) is 27.8. The third-order valence-corrected chi connectivity index (χ3v) is 4.93. The van der Waals surface area contributed by atoms with Crippen molar-refractivity contribution in [2.45, 2.75) is 120 Å². The summed E-state index contributed by atoms with van der Waals surface area (Å²) in [5, 5.41) is 5.12. The van der Waals surface area contributed by atoms with E-state index < -0.39 is 0 Å². The third kappa shape index (κ3) is 20.8. The van der Waals surface area contributed by atoms with Crippen molar-refractivity contribution in [3.63, 3.8) is 0 Å². The average molecular weight is 534 g/mol. The van der Waals surface area contributed by atoms with E-state index in [1.54, 1.807) is 7.05 Å². The normalized spacial score (nSPS) is 11.5. The summed E-state index contributed by atoms with van der Waals surface area (Å²) in [4.78, 5) is 8.90. The zero-order valence-corrected chi connectivity index (χ0v) is 29.5. The van der Waals surface area contributed by atoms with Gasteiger partial charge in [0.1, 0.15) is 0 Å². The van der Waals surface area contributed by atoms with Crippen molar-refractivity contribution in [3.05, 3.63) is 65.3 Å². The quantitative estimate of drug-likeness (QED) is 0.251. The summed E-state index contributed by atoms with van der Waals surface area (Å²) < 4.78 is 0. The summed E-state index contributed by atoms with van der Waals surface area (Å²) in [5.74, 6) is 0.706. The predicted molar refractivity (Wildman–Crippen MR) is 166 cm³/mol. The number of rotatable bonds is 8. The molecule has 2 aromatic rings. The maximum atomic E-state index is 4.58. The standard InChI is InChI=1S/C21H26N3.C4H10.C3H6.C3H8.C2H6.K/c1-6-8-9-15(3)10-16(4)19(7-2)17-11-18-14-24-21(22-5)12-20(18)23-13-17;1-3-4-2;1-2-3-1;1-3-2;1-2;/h7,10-14H,3,6,8-9H2,1-2,4-5H3;3-4H2,1-2H3;1-3H2;3H2,1-2H3;1-2H3;/q-1;;;;;+1/b16-10-,19-7+;;;;;. The molecule has 1 saturated carbocycles. The smallest absolute Gasteiger partial charge is 0.469 e. The molecule has 204 valence electrons. The molecule has 1 fully saturated rings. The molecule has 37 heavy (non-hydrogen) atoms. The van der Waals surface area contributed by atoms with Gasteiger partial charge in [0.05, 0.1) is 5.52 Å². The molecule has 0 amide bonds. The fraction of sp³-hybridized carbons (Fsp3) is 0.576. The Hall–Kier alpha value is -0.784. The Morgan fingerprint density at radius 2 is 1.51 bits per heavy atom. The second kappa shape index (κ2) is 28.2. The van der Waals surface area contributed by atoms with Crippen molar-refractivity contribution in [1.82, 2.24) is 9.97 Å². The van der Waals surface area contributed by atoms with Crippen LogP contribution < -0.4 is 51.4 Å². The molecule has 2 aromatic heterocycles. The third-order valence-electron chi connectivity index (χ3n) is 4.93. The fourth-order valence-corrected chi connectivity index (χ4v) is 2.76. The van der Waals surface area contributed by atoms with Gasteiger partial charge in [-0.15, -0.1) is 0 Å². The van der Waals surface area contributed by atoms with Crippen molar-refractivity contribution >= 4 is 22.3 Å². The van der Waals surface area contributed by atoms with E-state index in [0.717, 1.165) is 22.9 Å². The Balaban J connectivity index is -0.000000744. The first kappa shape index (κ1) is 40.7. The van der Waals surface area contributed by atoms with Gasteiger partial charge in [-0.25, -0.2) is 0 Å². The molecule has 0 aromatic carbocycles. The summed E-state index contributed by atoms with van der Waals surface area (Å²) in [5.41, 5.74) is 5.60. The Labute approximate surface area is 273 Å². The summed E-state index contributed by atoms with van der Waals surface area (Å²) in [6.45, 7) is 23.2. The molecule has 0 aliphatic heterocycles.